The van der Waals surface area contributed by atoms with Crippen LogP contribution in [0.2, 0.25) is 0 Å². The molecule has 0 saturated heterocycles. The molecule has 1 N–H and O–H groups in total. The molecule has 0 saturated carbocycles. The number of methoxy groups -OCH3 is 1. The van der Waals surface area contributed by atoms with Crippen molar-refractivity contribution in [3.8, 4) is 0 Å². The van der Waals surface area contributed by atoms with Gasteiger partial charge in [-0.1, -0.05) is 24.3 Å². The number of carbonyl (C=O) groups excluding carboxylic acids is 2. The fourth-order valence-corrected chi connectivity index (χ4v) is 2.93. The van der Waals surface area contributed by atoms with Crippen molar-refractivity contribution in [3.05, 3.63) is 52.7 Å². The van der Waals surface area contributed by atoms with Crippen LogP contribution in [0.3, 0.4) is 0 Å². The highest BCUT2D eigenvalue weighted by atomic mass is 32.1. The number of nitrogens with zero attached hydrogens (tertiary/aromatic N) is 1. The van der Waals surface area contributed by atoms with Gasteiger partial charge in [-0.05, 0) is 23.6 Å². The molecule has 0 atom stereocenters. The molecular formula is C18H22N2O3S. The summed E-state index contributed by atoms with van der Waals surface area (Å²) in [6.45, 7) is 1.56. The number of anilines is 1. The minimum Gasteiger partial charge on any atom is -0.383 e. The zero-order valence-corrected chi connectivity index (χ0v) is 14.6. The summed E-state index contributed by atoms with van der Waals surface area (Å²) in [6.07, 6.45) is 0.357. The predicted octanol–water partition coefficient (Wildman–Crippen LogP) is 3.14. The van der Waals surface area contributed by atoms with E-state index in [0.717, 1.165) is 10.6 Å². The van der Waals surface area contributed by atoms with Crippen molar-refractivity contribution in [1.82, 2.24) is 4.90 Å². The van der Waals surface area contributed by atoms with Crippen LogP contribution in [0.25, 0.3) is 0 Å². The van der Waals surface area contributed by atoms with Crippen molar-refractivity contribution in [2.75, 3.05) is 25.6 Å². The maximum Gasteiger partial charge on any atom is 0.224 e. The third kappa shape index (κ3) is 6.14. The number of amides is 2. The summed E-state index contributed by atoms with van der Waals surface area (Å²) in [6, 6.07) is 13.2. The average Bonchev–Trinajstić information content (AvgIpc) is 3.10. The van der Waals surface area contributed by atoms with Gasteiger partial charge in [0.05, 0.1) is 13.2 Å². The van der Waals surface area contributed by atoms with Crippen LogP contribution in [0.15, 0.2) is 47.8 Å². The van der Waals surface area contributed by atoms with Gasteiger partial charge < -0.3 is 15.0 Å². The number of hydrogen-bond donors (Lipinski definition) is 1. The molecule has 0 radical (unpaired) electrons. The second kappa shape index (κ2) is 9.85. The van der Waals surface area contributed by atoms with Gasteiger partial charge in [-0.25, -0.2) is 0 Å². The Bertz CT molecular complexity index is 629. The van der Waals surface area contributed by atoms with Crippen LogP contribution in [-0.4, -0.2) is 37.0 Å². The van der Waals surface area contributed by atoms with E-state index < -0.39 is 0 Å². The molecule has 2 rings (SSSR count). The Labute approximate surface area is 146 Å². The highest BCUT2D eigenvalue weighted by Gasteiger charge is 2.16. The van der Waals surface area contributed by atoms with E-state index in [2.05, 4.69) is 5.32 Å². The second-order valence-corrected chi connectivity index (χ2v) is 6.33. The van der Waals surface area contributed by atoms with Gasteiger partial charge >= 0.3 is 0 Å². The van der Waals surface area contributed by atoms with Crippen molar-refractivity contribution in [2.45, 2.75) is 19.4 Å². The van der Waals surface area contributed by atoms with E-state index in [1.165, 1.54) is 0 Å². The molecule has 2 aromatic rings. The molecule has 128 valence electrons. The molecular weight excluding hydrogens is 324 g/mol. The Morgan fingerprint density at radius 2 is 1.92 bits per heavy atom. The van der Waals surface area contributed by atoms with Gasteiger partial charge in [0.15, 0.2) is 0 Å². The Hall–Kier alpha value is -2.18. The maximum absolute atomic E-state index is 12.4. The van der Waals surface area contributed by atoms with Crippen LogP contribution in [-0.2, 0) is 20.9 Å². The van der Waals surface area contributed by atoms with E-state index >= 15 is 0 Å². The first-order chi connectivity index (χ1) is 11.7. The summed E-state index contributed by atoms with van der Waals surface area (Å²) in [5.74, 6) is -0.193. The van der Waals surface area contributed by atoms with Gasteiger partial charge in [0.2, 0.25) is 11.8 Å². The quantitative estimate of drug-likeness (QED) is 0.759. The summed E-state index contributed by atoms with van der Waals surface area (Å²) in [4.78, 5) is 27.3. The SMILES string of the molecule is COCCN(Cc1cccs1)C(=O)CCC(=O)Nc1ccccc1. The molecule has 0 aliphatic carbocycles. The number of carbonyl (C=O) groups is 2. The van der Waals surface area contributed by atoms with Crippen molar-refractivity contribution < 1.29 is 14.3 Å². The van der Waals surface area contributed by atoms with Crippen LogP contribution in [0.1, 0.15) is 17.7 Å². The smallest absolute Gasteiger partial charge is 0.224 e. The van der Waals surface area contributed by atoms with Crippen molar-refractivity contribution in [2.24, 2.45) is 0 Å². The van der Waals surface area contributed by atoms with E-state index in [1.807, 2.05) is 47.8 Å². The lowest BCUT2D eigenvalue weighted by atomic mass is 10.2. The van der Waals surface area contributed by atoms with Gasteiger partial charge in [-0.3, -0.25) is 9.59 Å². The first-order valence-corrected chi connectivity index (χ1v) is 8.71. The van der Waals surface area contributed by atoms with Crippen molar-refractivity contribution in [3.63, 3.8) is 0 Å². The molecule has 24 heavy (non-hydrogen) atoms. The molecule has 0 bridgehead atoms. The number of hydrogen-bond acceptors (Lipinski definition) is 4. The first-order valence-electron chi connectivity index (χ1n) is 7.83. The highest BCUT2D eigenvalue weighted by Crippen LogP contribution is 2.13. The van der Waals surface area contributed by atoms with E-state index in [4.69, 9.17) is 4.74 Å². The number of nitrogens with one attached hydrogen (secondary N) is 1. The number of ether oxygens (including phenoxy) is 1. The molecule has 1 aromatic heterocycles. The van der Waals surface area contributed by atoms with Gasteiger partial charge in [0, 0.05) is 37.1 Å². The molecule has 0 aliphatic rings. The van der Waals surface area contributed by atoms with Crippen LogP contribution in [0.4, 0.5) is 5.69 Å². The molecule has 0 aliphatic heterocycles. The molecule has 6 heteroatoms. The van der Waals surface area contributed by atoms with Gasteiger partial charge in [-0.2, -0.15) is 0 Å². The molecule has 1 aromatic carbocycles. The molecule has 0 spiro atoms. The number of benzene rings is 1. The molecule has 1 heterocycles. The summed E-state index contributed by atoms with van der Waals surface area (Å²) < 4.78 is 5.08. The zero-order valence-electron chi connectivity index (χ0n) is 13.7. The maximum atomic E-state index is 12.4. The summed E-state index contributed by atoms with van der Waals surface area (Å²) >= 11 is 1.61. The van der Waals surface area contributed by atoms with Crippen molar-refractivity contribution >= 4 is 28.8 Å². The minimum absolute atomic E-state index is 0.0383. The van der Waals surface area contributed by atoms with Gasteiger partial charge in [-0.15, -0.1) is 11.3 Å². The second-order valence-electron chi connectivity index (χ2n) is 5.30. The fourth-order valence-electron chi connectivity index (χ4n) is 2.21. The van der Waals surface area contributed by atoms with E-state index in [9.17, 15) is 9.59 Å². The molecule has 2 amide bonds. The van der Waals surface area contributed by atoms with Crippen LogP contribution < -0.4 is 5.32 Å². The lowest BCUT2D eigenvalue weighted by molar-refractivity contribution is -0.134. The monoisotopic (exact) mass is 346 g/mol. The van der Waals surface area contributed by atoms with Crippen molar-refractivity contribution in [1.29, 1.82) is 0 Å². The largest absolute Gasteiger partial charge is 0.383 e. The Morgan fingerprint density at radius 3 is 2.58 bits per heavy atom. The van der Waals surface area contributed by atoms with Gasteiger partial charge in [0.1, 0.15) is 0 Å². The third-order valence-electron chi connectivity index (χ3n) is 3.47. The lowest BCUT2D eigenvalue weighted by Crippen LogP contribution is -2.33. The van der Waals surface area contributed by atoms with E-state index in [-0.39, 0.29) is 24.7 Å². The average molecular weight is 346 g/mol. The topological polar surface area (TPSA) is 58.6 Å². The minimum atomic E-state index is -0.155. The van der Waals surface area contributed by atoms with Crippen LogP contribution in [0, 0.1) is 0 Å². The van der Waals surface area contributed by atoms with E-state index in [0.29, 0.717) is 19.7 Å². The van der Waals surface area contributed by atoms with Crippen LogP contribution in [0.5, 0.6) is 0 Å². The third-order valence-corrected chi connectivity index (χ3v) is 4.33. The predicted molar refractivity (Wildman–Crippen MR) is 95.9 cm³/mol. The summed E-state index contributed by atoms with van der Waals surface area (Å²) in [7, 11) is 1.61. The van der Waals surface area contributed by atoms with Gasteiger partial charge in [0.25, 0.3) is 0 Å². The highest BCUT2D eigenvalue weighted by molar-refractivity contribution is 7.09. The Morgan fingerprint density at radius 1 is 1.12 bits per heavy atom. The number of thiophene rings is 1. The standard InChI is InChI=1S/C18H22N2O3S/c1-23-12-11-20(14-16-8-5-13-24-16)18(22)10-9-17(21)19-15-6-3-2-4-7-15/h2-8,13H,9-12,14H2,1H3,(H,19,21). The first kappa shape index (κ1) is 18.2. The number of para-hydroxylation sites is 1. The molecule has 5 nitrogen and oxygen atoms in total. The summed E-state index contributed by atoms with van der Waals surface area (Å²) in [5.41, 5.74) is 0.741. The fraction of sp³-hybridized carbons (Fsp3) is 0.333. The van der Waals surface area contributed by atoms with Crippen LogP contribution >= 0.6 is 11.3 Å². The lowest BCUT2D eigenvalue weighted by Gasteiger charge is -2.21. The molecule has 0 fully saturated rings. The van der Waals surface area contributed by atoms with E-state index in [1.54, 1.807) is 23.3 Å². The zero-order chi connectivity index (χ0) is 17.2. The Balaban J connectivity index is 1.83. The molecule has 0 unspecified atom stereocenters. The Kier molecular flexibility index (Phi) is 7.45. The number of rotatable bonds is 9. The summed E-state index contributed by atoms with van der Waals surface area (Å²) in [5, 5.41) is 4.78. The normalized spacial score (nSPS) is 10.4.